The number of nitrogens with two attached hydrogens (primary N) is 1. The molecule has 0 bridgehead atoms. The number of rotatable bonds is 6. The molecular formula is C17H27NO. The van der Waals surface area contributed by atoms with Gasteiger partial charge in [0.05, 0.1) is 7.11 Å². The molecule has 106 valence electrons. The summed E-state index contributed by atoms with van der Waals surface area (Å²) in [6.45, 7) is 2.25. The van der Waals surface area contributed by atoms with Crippen LogP contribution in [-0.4, -0.2) is 7.11 Å². The van der Waals surface area contributed by atoms with E-state index in [4.69, 9.17) is 10.5 Å². The largest absolute Gasteiger partial charge is 0.497 e. The minimum Gasteiger partial charge on any atom is -0.497 e. The van der Waals surface area contributed by atoms with Crippen LogP contribution in [-0.2, 0) is 12.0 Å². The van der Waals surface area contributed by atoms with Gasteiger partial charge in [0, 0.05) is 5.54 Å². The predicted octanol–water partition coefficient (Wildman–Crippen LogP) is 4.16. The molecule has 2 N–H and O–H groups in total. The number of ether oxygens (including phenoxy) is 1. The van der Waals surface area contributed by atoms with E-state index in [2.05, 4.69) is 25.1 Å². The normalized spacial score (nSPS) is 22.1. The van der Waals surface area contributed by atoms with Gasteiger partial charge in [-0.25, -0.2) is 0 Å². The Balaban J connectivity index is 2.14. The van der Waals surface area contributed by atoms with Crippen LogP contribution in [0.4, 0.5) is 0 Å². The lowest BCUT2D eigenvalue weighted by Gasteiger charge is -2.36. The predicted molar refractivity (Wildman–Crippen MR) is 80.6 cm³/mol. The van der Waals surface area contributed by atoms with Crippen LogP contribution in [0, 0.1) is 0 Å². The maximum atomic E-state index is 6.72. The van der Waals surface area contributed by atoms with Gasteiger partial charge in [0.15, 0.2) is 0 Å². The Morgan fingerprint density at radius 3 is 2.84 bits per heavy atom. The highest BCUT2D eigenvalue weighted by molar-refractivity contribution is 5.41. The molecule has 0 amide bonds. The minimum absolute atomic E-state index is 0.129. The molecule has 19 heavy (non-hydrogen) atoms. The van der Waals surface area contributed by atoms with Crippen LogP contribution in [0.25, 0.3) is 0 Å². The van der Waals surface area contributed by atoms with Crippen molar-refractivity contribution in [2.24, 2.45) is 5.73 Å². The lowest BCUT2D eigenvalue weighted by Crippen LogP contribution is -2.40. The second kappa shape index (κ2) is 6.42. The van der Waals surface area contributed by atoms with E-state index in [1.54, 1.807) is 7.11 Å². The molecule has 0 saturated heterocycles. The van der Waals surface area contributed by atoms with Gasteiger partial charge in [-0.3, -0.25) is 0 Å². The van der Waals surface area contributed by atoms with E-state index in [1.165, 1.54) is 43.2 Å². The number of fused-ring (bicyclic) bond motifs is 1. The zero-order valence-corrected chi connectivity index (χ0v) is 12.4. The van der Waals surface area contributed by atoms with Gasteiger partial charge in [0.25, 0.3) is 0 Å². The van der Waals surface area contributed by atoms with E-state index in [1.807, 2.05) is 0 Å². The van der Waals surface area contributed by atoms with Gasteiger partial charge in [-0.2, -0.15) is 0 Å². The van der Waals surface area contributed by atoms with Crippen molar-refractivity contribution in [1.29, 1.82) is 0 Å². The summed E-state index contributed by atoms with van der Waals surface area (Å²) in [4.78, 5) is 0. The molecule has 0 spiro atoms. The first kappa shape index (κ1) is 14.4. The zero-order chi connectivity index (χ0) is 13.7. The van der Waals surface area contributed by atoms with Crippen molar-refractivity contribution in [3.63, 3.8) is 0 Å². The molecule has 2 rings (SSSR count). The summed E-state index contributed by atoms with van der Waals surface area (Å²) in [6.07, 6.45) is 9.72. The maximum Gasteiger partial charge on any atom is 0.119 e. The van der Waals surface area contributed by atoms with Crippen LogP contribution < -0.4 is 10.5 Å². The molecule has 1 unspecified atom stereocenters. The Bertz CT molecular complexity index is 416. The van der Waals surface area contributed by atoms with E-state index >= 15 is 0 Å². The smallest absolute Gasteiger partial charge is 0.119 e. The van der Waals surface area contributed by atoms with Crippen molar-refractivity contribution < 1.29 is 4.74 Å². The maximum absolute atomic E-state index is 6.72. The first-order valence-electron chi connectivity index (χ1n) is 7.66. The molecule has 0 saturated carbocycles. The number of hydrogen-bond donors (Lipinski definition) is 1. The summed E-state index contributed by atoms with van der Waals surface area (Å²) in [6, 6.07) is 6.41. The lowest BCUT2D eigenvalue weighted by molar-refractivity contribution is 0.329. The SMILES string of the molecule is CCCCCCC1(N)CCCc2ccc(OC)cc21. The highest BCUT2D eigenvalue weighted by Crippen LogP contribution is 2.38. The Kier molecular flexibility index (Phi) is 4.87. The van der Waals surface area contributed by atoms with E-state index in [0.29, 0.717) is 0 Å². The molecule has 2 nitrogen and oxygen atoms in total. The molecule has 1 aliphatic rings. The third-order valence-corrected chi connectivity index (χ3v) is 4.40. The molecular weight excluding hydrogens is 234 g/mol. The molecule has 0 heterocycles. The molecule has 1 aromatic rings. The second-order valence-electron chi connectivity index (χ2n) is 5.84. The fourth-order valence-electron chi connectivity index (χ4n) is 3.22. The van der Waals surface area contributed by atoms with Gasteiger partial charge in [0.1, 0.15) is 5.75 Å². The van der Waals surface area contributed by atoms with Crippen molar-refractivity contribution in [3.8, 4) is 5.75 Å². The van der Waals surface area contributed by atoms with Crippen LogP contribution >= 0.6 is 0 Å². The highest BCUT2D eigenvalue weighted by atomic mass is 16.5. The van der Waals surface area contributed by atoms with Crippen molar-refractivity contribution in [1.82, 2.24) is 0 Å². The first-order valence-corrected chi connectivity index (χ1v) is 7.66. The first-order chi connectivity index (χ1) is 9.19. The molecule has 0 fully saturated rings. The van der Waals surface area contributed by atoms with Gasteiger partial charge < -0.3 is 10.5 Å². The van der Waals surface area contributed by atoms with Gasteiger partial charge in [0.2, 0.25) is 0 Å². The summed E-state index contributed by atoms with van der Waals surface area (Å²) in [7, 11) is 1.73. The Morgan fingerprint density at radius 1 is 1.26 bits per heavy atom. The molecule has 1 aromatic carbocycles. The van der Waals surface area contributed by atoms with Crippen molar-refractivity contribution in [3.05, 3.63) is 29.3 Å². The van der Waals surface area contributed by atoms with Crippen LogP contribution in [0.3, 0.4) is 0 Å². The van der Waals surface area contributed by atoms with Crippen LogP contribution in [0.5, 0.6) is 5.75 Å². The molecule has 0 radical (unpaired) electrons. The summed E-state index contributed by atoms with van der Waals surface area (Å²) in [5.41, 5.74) is 9.34. The fourth-order valence-corrected chi connectivity index (χ4v) is 3.22. The van der Waals surface area contributed by atoms with E-state index in [9.17, 15) is 0 Å². The zero-order valence-electron chi connectivity index (χ0n) is 12.4. The highest BCUT2D eigenvalue weighted by Gasteiger charge is 2.32. The third-order valence-electron chi connectivity index (χ3n) is 4.40. The quantitative estimate of drug-likeness (QED) is 0.781. The average molecular weight is 261 g/mol. The topological polar surface area (TPSA) is 35.2 Å². The Hall–Kier alpha value is -1.02. The molecule has 1 atom stereocenters. The summed E-state index contributed by atoms with van der Waals surface area (Å²) in [5.74, 6) is 0.934. The third kappa shape index (κ3) is 3.30. The Morgan fingerprint density at radius 2 is 2.11 bits per heavy atom. The standard InChI is InChI=1S/C17H27NO/c1-3-4-5-6-11-17(18)12-7-8-14-9-10-15(19-2)13-16(14)17/h9-10,13H,3-8,11-12,18H2,1-2H3. The second-order valence-corrected chi connectivity index (χ2v) is 5.84. The molecule has 1 aliphatic carbocycles. The van der Waals surface area contributed by atoms with Gasteiger partial charge in [-0.05, 0) is 48.9 Å². The lowest BCUT2D eigenvalue weighted by atomic mass is 9.74. The van der Waals surface area contributed by atoms with Crippen molar-refractivity contribution >= 4 is 0 Å². The summed E-state index contributed by atoms with van der Waals surface area (Å²) >= 11 is 0. The fraction of sp³-hybridized carbons (Fsp3) is 0.647. The van der Waals surface area contributed by atoms with E-state index in [0.717, 1.165) is 25.0 Å². The van der Waals surface area contributed by atoms with E-state index < -0.39 is 0 Å². The monoisotopic (exact) mass is 261 g/mol. The molecule has 0 aromatic heterocycles. The summed E-state index contributed by atoms with van der Waals surface area (Å²) in [5, 5.41) is 0. The summed E-state index contributed by atoms with van der Waals surface area (Å²) < 4.78 is 5.36. The number of unbranched alkanes of at least 4 members (excludes halogenated alkanes) is 3. The van der Waals surface area contributed by atoms with E-state index in [-0.39, 0.29) is 5.54 Å². The van der Waals surface area contributed by atoms with Crippen molar-refractivity contribution in [2.75, 3.05) is 7.11 Å². The van der Waals surface area contributed by atoms with Crippen LogP contribution in [0.2, 0.25) is 0 Å². The molecule has 0 aliphatic heterocycles. The minimum atomic E-state index is -0.129. The van der Waals surface area contributed by atoms with Crippen LogP contribution in [0.15, 0.2) is 18.2 Å². The van der Waals surface area contributed by atoms with Gasteiger partial charge >= 0.3 is 0 Å². The van der Waals surface area contributed by atoms with Crippen LogP contribution in [0.1, 0.15) is 63.0 Å². The number of hydrogen-bond acceptors (Lipinski definition) is 2. The number of benzene rings is 1. The molecule has 2 heteroatoms. The average Bonchev–Trinajstić information content (AvgIpc) is 2.44. The number of methoxy groups -OCH3 is 1. The van der Waals surface area contributed by atoms with Gasteiger partial charge in [-0.15, -0.1) is 0 Å². The van der Waals surface area contributed by atoms with Crippen molar-refractivity contribution in [2.45, 2.75) is 63.8 Å². The number of aryl methyl sites for hydroxylation is 1. The van der Waals surface area contributed by atoms with Gasteiger partial charge in [-0.1, -0.05) is 38.7 Å². The Labute approximate surface area is 117 Å².